The third kappa shape index (κ3) is 3.10. The highest BCUT2D eigenvalue weighted by molar-refractivity contribution is 5.84. The molecule has 4 nitrogen and oxygen atoms in total. The van der Waals surface area contributed by atoms with E-state index < -0.39 is 12.0 Å². The van der Waals surface area contributed by atoms with Crippen molar-refractivity contribution in [1.29, 1.82) is 0 Å². The predicted molar refractivity (Wildman–Crippen MR) is 72.7 cm³/mol. The molecule has 0 spiro atoms. The van der Waals surface area contributed by atoms with Gasteiger partial charge in [0.05, 0.1) is 0 Å². The summed E-state index contributed by atoms with van der Waals surface area (Å²) in [7, 11) is 0. The third-order valence-electron chi connectivity index (χ3n) is 4.60. The Hall–Kier alpha value is -1.06. The average molecular weight is 267 g/mol. The highest BCUT2D eigenvalue weighted by Gasteiger charge is 2.47. The predicted octanol–water partition coefficient (Wildman–Crippen LogP) is 2.67. The number of hydrogen-bond donors (Lipinski definition) is 1. The summed E-state index contributed by atoms with van der Waals surface area (Å²) in [5.74, 6) is 0.123. The van der Waals surface area contributed by atoms with E-state index in [4.69, 9.17) is 0 Å². The highest BCUT2D eigenvalue weighted by atomic mass is 16.4. The van der Waals surface area contributed by atoms with E-state index in [9.17, 15) is 14.7 Å². The Morgan fingerprint density at radius 1 is 1.26 bits per heavy atom. The second-order valence-electron chi connectivity index (χ2n) is 6.44. The van der Waals surface area contributed by atoms with Gasteiger partial charge in [-0.25, -0.2) is 4.79 Å². The molecule has 19 heavy (non-hydrogen) atoms. The van der Waals surface area contributed by atoms with Gasteiger partial charge in [-0.1, -0.05) is 26.7 Å². The molecule has 0 radical (unpaired) electrons. The first kappa shape index (κ1) is 14.4. The number of carbonyl (C=O) groups is 2. The fraction of sp³-hybridized carbons (Fsp3) is 0.867. The fourth-order valence-corrected chi connectivity index (χ4v) is 3.58. The van der Waals surface area contributed by atoms with Crippen LogP contribution in [-0.2, 0) is 9.59 Å². The zero-order valence-corrected chi connectivity index (χ0v) is 12.0. The summed E-state index contributed by atoms with van der Waals surface area (Å²) < 4.78 is 0. The van der Waals surface area contributed by atoms with Crippen LogP contribution in [-0.4, -0.2) is 34.0 Å². The number of amides is 1. The lowest BCUT2D eigenvalue weighted by Crippen LogP contribution is -2.46. The molecule has 4 heteroatoms. The third-order valence-corrected chi connectivity index (χ3v) is 4.60. The van der Waals surface area contributed by atoms with Crippen LogP contribution in [0.15, 0.2) is 0 Å². The van der Waals surface area contributed by atoms with E-state index in [-0.39, 0.29) is 11.9 Å². The van der Waals surface area contributed by atoms with Gasteiger partial charge in [0, 0.05) is 12.5 Å². The van der Waals surface area contributed by atoms with Gasteiger partial charge in [0.1, 0.15) is 6.04 Å². The van der Waals surface area contributed by atoms with Gasteiger partial charge >= 0.3 is 5.97 Å². The lowest BCUT2D eigenvalue weighted by Gasteiger charge is -2.33. The normalized spacial score (nSPS) is 30.5. The molecule has 0 aromatic carbocycles. The van der Waals surface area contributed by atoms with Gasteiger partial charge in [-0.2, -0.15) is 0 Å². The summed E-state index contributed by atoms with van der Waals surface area (Å²) in [5, 5.41) is 9.36. The lowest BCUT2D eigenvalue weighted by atomic mass is 9.84. The molecule has 0 aromatic rings. The Bertz CT molecular complexity index is 353. The summed E-state index contributed by atoms with van der Waals surface area (Å²) in [5.41, 5.74) is 0. The molecule has 1 heterocycles. The topological polar surface area (TPSA) is 57.6 Å². The molecule has 1 N–H and O–H groups in total. The highest BCUT2D eigenvalue weighted by Crippen LogP contribution is 2.40. The van der Waals surface area contributed by atoms with Crippen LogP contribution in [0, 0.1) is 11.8 Å². The maximum absolute atomic E-state index is 12.4. The van der Waals surface area contributed by atoms with Crippen molar-refractivity contribution in [3.05, 3.63) is 0 Å². The summed E-state index contributed by atoms with van der Waals surface area (Å²) >= 11 is 0. The molecule has 3 unspecified atom stereocenters. The summed E-state index contributed by atoms with van der Waals surface area (Å²) in [6.45, 7) is 4.19. The molecule has 2 rings (SSSR count). The van der Waals surface area contributed by atoms with Crippen molar-refractivity contribution in [2.45, 2.75) is 70.9 Å². The molecule has 1 amide bonds. The number of hydrogen-bond acceptors (Lipinski definition) is 2. The Morgan fingerprint density at radius 2 is 1.95 bits per heavy atom. The summed E-state index contributed by atoms with van der Waals surface area (Å²) in [4.78, 5) is 25.5. The Balaban J connectivity index is 2.08. The van der Waals surface area contributed by atoms with Crippen molar-refractivity contribution < 1.29 is 14.7 Å². The van der Waals surface area contributed by atoms with Crippen LogP contribution < -0.4 is 0 Å². The number of aliphatic carboxylic acids is 1. The fourth-order valence-electron chi connectivity index (χ4n) is 3.58. The second kappa shape index (κ2) is 5.93. The van der Waals surface area contributed by atoms with Gasteiger partial charge < -0.3 is 10.0 Å². The Labute approximate surface area is 115 Å². The van der Waals surface area contributed by atoms with E-state index >= 15 is 0 Å². The van der Waals surface area contributed by atoms with Crippen LogP contribution in [0.3, 0.4) is 0 Å². The maximum atomic E-state index is 12.4. The number of nitrogens with zero attached hydrogens (tertiary/aromatic N) is 1. The van der Waals surface area contributed by atoms with E-state index in [0.717, 1.165) is 25.7 Å². The van der Waals surface area contributed by atoms with Crippen LogP contribution in [0.1, 0.15) is 58.8 Å². The van der Waals surface area contributed by atoms with Gasteiger partial charge in [0.2, 0.25) is 5.91 Å². The molecule has 1 aliphatic carbocycles. The second-order valence-corrected chi connectivity index (χ2v) is 6.44. The average Bonchev–Trinajstić information content (AvgIpc) is 2.75. The molecular formula is C15H25NO3. The van der Waals surface area contributed by atoms with Gasteiger partial charge in [0.25, 0.3) is 0 Å². The molecule has 3 atom stereocenters. The molecule has 1 aliphatic heterocycles. The number of carboxylic acids is 1. The number of fused-ring (bicyclic) bond motifs is 1. The monoisotopic (exact) mass is 267 g/mol. The Morgan fingerprint density at radius 3 is 2.58 bits per heavy atom. The minimum Gasteiger partial charge on any atom is -0.480 e. The largest absolute Gasteiger partial charge is 0.480 e. The van der Waals surface area contributed by atoms with Crippen molar-refractivity contribution in [3.63, 3.8) is 0 Å². The zero-order valence-electron chi connectivity index (χ0n) is 12.0. The van der Waals surface area contributed by atoms with Crippen LogP contribution in [0.5, 0.6) is 0 Å². The van der Waals surface area contributed by atoms with Gasteiger partial charge in [0.15, 0.2) is 0 Å². The molecule has 2 aliphatic rings. The van der Waals surface area contributed by atoms with Crippen LogP contribution >= 0.6 is 0 Å². The SMILES string of the molecule is CC(C)CCC(=O)N1C(C(=O)O)CC2CCCCC21. The first-order valence-electron chi connectivity index (χ1n) is 7.54. The number of carbonyl (C=O) groups excluding carboxylic acids is 1. The molecule has 0 aromatic heterocycles. The number of carboxylic acid groups (broad SMARTS) is 1. The molecular weight excluding hydrogens is 242 g/mol. The van der Waals surface area contributed by atoms with E-state index in [2.05, 4.69) is 13.8 Å². The first-order chi connectivity index (χ1) is 9.00. The molecule has 2 fully saturated rings. The Kier molecular flexibility index (Phi) is 4.48. The van der Waals surface area contributed by atoms with Gasteiger partial charge in [-0.15, -0.1) is 0 Å². The van der Waals surface area contributed by atoms with Gasteiger partial charge in [-0.3, -0.25) is 4.79 Å². The van der Waals surface area contributed by atoms with Crippen molar-refractivity contribution in [2.24, 2.45) is 11.8 Å². The maximum Gasteiger partial charge on any atom is 0.326 e. The smallest absolute Gasteiger partial charge is 0.326 e. The minimum absolute atomic E-state index is 0.0514. The van der Waals surface area contributed by atoms with E-state index in [0.29, 0.717) is 24.7 Å². The van der Waals surface area contributed by atoms with Crippen LogP contribution in [0.4, 0.5) is 0 Å². The van der Waals surface area contributed by atoms with Crippen LogP contribution in [0.25, 0.3) is 0 Å². The standard InChI is InChI=1S/C15H25NO3/c1-10(2)7-8-14(17)16-12-6-4-3-5-11(12)9-13(16)15(18)19/h10-13H,3-9H2,1-2H3,(H,18,19). The van der Waals surface area contributed by atoms with Crippen molar-refractivity contribution >= 4 is 11.9 Å². The van der Waals surface area contributed by atoms with Crippen molar-refractivity contribution in [2.75, 3.05) is 0 Å². The summed E-state index contributed by atoms with van der Waals surface area (Å²) in [6, 6.07) is -0.387. The molecule has 0 bridgehead atoms. The van der Waals surface area contributed by atoms with E-state index in [1.54, 1.807) is 4.90 Å². The number of rotatable bonds is 4. The van der Waals surface area contributed by atoms with Crippen LogP contribution in [0.2, 0.25) is 0 Å². The molecule has 1 saturated carbocycles. The van der Waals surface area contributed by atoms with Gasteiger partial charge in [-0.05, 0) is 37.5 Å². The molecule has 108 valence electrons. The first-order valence-corrected chi connectivity index (χ1v) is 7.54. The van der Waals surface area contributed by atoms with Crippen molar-refractivity contribution in [3.8, 4) is 0 Å². The summed E-state index contributed by atoms with van der Waals surface area (Å²) in [6.07, 6.45) is 6.38. The molecule has 1 saturated heterocycles. The quantitative estimate of drug-likeness (QED) is 0.852. The minimum atomic E-state index is -0.827. The number of likely N-dealkylation sites (tertiary alicyclic amines) is 1. The van der Waals surface area contributed by atoms with E-state index in [1.165, 1.54) is 6.42 Å². The van der Waals surface area contributed by atoms with Crippen molar-refractivity contribution in [1.82, 2.24) is 4.90 Å². The zero-order chi connectivity index (χ0) is 14.0. The lowest BCUT2D eigenvalue weighted by molar-refractivity contribution is -0.150. The van der Waals surface area contributed by atoms with E-state index in [1.807, 2.05) is 0 Å².